The summed E-state index contributed by atoms with van der Waals surface area (Å²) >= 11 is 0. The maximum absolute atomic E-state index is 13.4. The van der Waals surface area contributed by atoms with Crippen LogP contribution in [0.2, 0.25) is 0 Å². The normalized spacial score (nSPS) is 20.5. The van der Waals surface area contributed by atoms with Gasteiger partial charge in [0, 0.05) is 25.1 Å². The van der Waals surface area contributed by atoms with E-state index >= 15 is 0 Å². The second-order valence-corrected chi connectivity index (χ2v) is 5.23. The molecule has 0 saturated carbocycles. The van der Waals surface area contributed by atoms with Gasteiger partial charge in [-0.25, -0.2) is 4.39 Å². The SMILES string of the molecule is Cc1ccc(C(=O)CCN2CCCC(O)C2)cc1F. The van der Waals surface area contributed by atoms with Gasteiger partial charge in [-0.05, 0) is 37.9 Å². The lowest BCUT2D eigenvalue weighted by atomic mass is 10.0. The number of ketones is 1. The van der Waals surface area contributed by atoms with Crippen molar-refractivity contribution in [3.8, 4) is 0 Å². The number of halogens is 1. The fourth-order valence-corrected chi connectivity index (χ4v) is 2.40. The number of aliphatic hydroxyl groups excluding tert-OH is 1. The zero-order chi connectivity index (χ0) is 13.8. The number of nitrogens with zero attached hydrogens (tertiary/aromatic N) is 1. The quantitative estimate of drug-likeness (QED) is 0.848. The van der Waals surface area contributed by atoms with Gasteiger partial charge in [-0.15, -0.1) is 0 Å². The number of aliphatic hydroxyl groups is 1. The van der Waals surface area contributed by atoms with Crippen molar-refractivity contribution in [2.75, 3.05) is 19.6 Å². The molecule has 1 saturated heterocycles. The molecule has 104 valence electrons. The van der Waals surface area contributed by atoms with Crippen molar-refractivity contribution in [2.45, 2.75) is 32.3 Å². The third-order valence-electron chi connectivity index (χ3n) is 3.63. The molecular formula is C15H20FNO2. The number of β-amino-alcohol motifs (C(OH)–C–C–N with tert-alkyl or cyclic N) is 1. The van der Waals surface area contributed by atoms with E-state index in [1.54, 1.807) is 19.1 Å². The number of hydrogen-bond acceptors (Lipinski definition) is 3. The van der Waals surface area contributed by atoms with Gasteiger partial charge in [0.25, 0.3) is 0 Å². The molecule has 3 nitrogen and oxygen atoms in total. The fourth-order valence-electron chi connectivity index (χ4n) is 2.40. The molecule has 2 rings (SSSR count). The lowest BCUT2D eigenvalue weighted by Gasteiger charge is -2.29. The number of Topliss-reactive ketones (excluding diaryl/α,β-unsaturated/α-hetero) is 1. The molecule has 0 amide bonds. The van der Waals surface area contributed by atoms with Crippen LogP contribution >= 0.6 is 0 Å². The standard InChI is InChI=1S/C15H20FNO2/c1-11-4-5-12(9-14(11)16)15(19)6-8-17-7-2-3-13(18)10-17/h4-5,9,13,18H,2-3,6-8,10H2,1H3. The van der Waals surface area contributed by atoms with Gasteiger partial charge in [0.05, 0.1) is 6.10 Å². The Morgan fingerprint density at radius 3 is 3.00 bits per heavy atom. The molecule has 1 aliphatic heterocycles. The van der Waals surface area contributed by atoms with Crippen LogP contribution in [0.4, 0.5) is 4.39 Å². The highest BCUT2D eigenvalue weighted by atomic mass is 19.1. The Hall–Kier alpha value is -1.26. The number of piperidine rings is 1. The molecule has 1 aromatic carbocycles. The topological polar surface area (TPSA) is 40.5 Å². The molecule has 0 spiro atoms. The number of aryl methyl sites for hydroxylation is 1. The van der Waals surface area contributed by atoms with Gasteiger partial charge in [-0.2, -0.15) is 0 Å². The Balaban J connectivity index is 1.88. The molecule has 0 aliphatic carbocycles. The van der Waals surface area contributed by atoms with Crippen molar-refractivity contribution < 1.29 is 14.3 Å². The van der Waals surface area contributed by atoms with E-state index in [1.165, 1.54) is 6.07 Å². The molecule has 0 radical (unpaired) electrons. The molecule has 1 aromatic rings. The molecule has 19 heavy (non-hydrogen) atoms. The highest BCUT2D eigenvalue weighted by Gasteiger charge is 2.18. The Kier molecular flexibility index (Phi) is 4.66. The summed E-state index contributed by atoms with van der Waals surface area (Å²) in [5.74, 6) is -0.377. The fraction of sp³-hybridized carbons (Fsp3) is 0.533. The van der Waals surface area contributed by atoms with Crippen LogP contribution in [0.1, 0.15) is 35.2 Å². The van der Waals surface area contributed by atoms with Crippen LogP contribution in [0.25, 0.3) is 0 Å². The van der Waals surface area contributed by atoms with Crippen molar-refractivity contribution in [3.63, 3.8) is 0 Å². The lowest BCUT2D eigenvalue weighted by Crippen LogP contribution is -2.39. The summed E-state index contributed by atoms with van der Waals surface area (Å²) in [5.41, 5.74) is 0.983. The molecule has 0 aromatic heterocycles. The minimum Gasteiger partial charge on any atom is -0.392 e. The van der Waals surface area contributed by atoms with Crippen LogP contribution in [0.5, 0.6) is 0 Å². The van der Waals surface area contributed by atoms with E-state index < -0.39 is 0 Å². The zero-order valence-electron chi connectivity index (χ0n) is 11.2. The summed E-state index contributed by atoms with van der Waals surface area (Å²) in [6, 6.07) is 4.61. The zero-order valence-corrected chi connectivity index (χ0v) is 11.2. The van der Waals surface area contributed by atoms with Gasteiger partial charge in [-0.3, -0.25) is 4.79 Å². The third kappa shape index (κ3) is 3.85. The summed E-state index contributed by atoms with van der Waals surface area (Å²) < 4.78 is 13.4. The highest BCUT2D eigenvalue weighted by molar-refractivity contribution is 5.96. The summed E-state index contributed by atoms with van der Waals surface area (Å²) in [4.78, 5) is 14.1. The monoisotopic (exact) mass is 265 g/mol. The summed E-state index contributed by atoms with van der Waals surface area (Å²) in [6.45, 7) is 3.87. The first-order valence-corrected chi connectivity index (χ1v) is 6.76. The number of carbonyl (C=O) groups excluding carboxylic acids is 1. The van der Waals surface area contributed by atoms with Gasteiger partial charge >= 0.3 is 0 Å². The van der Waals surface area contributed by atoms with Crippen molar-refractivity contribution in [3.05, 3.63) is 35.1 Å². The average molecular weight is 265 g/mol. The van der Waals surface area contributed by atoms with E-state index in [0.717, 1.165) is 19.4 Å². The Morgan fingerprint density at radius 1 is 1.53 bits per heavy atom. The third-order valence-corrected chi connectivity index (χ3v) is 3.63. The number of benzene rings is 1. The van der Waals surface area contributed by atoms with Crippen LogP contribution in [0.15, 0.2) is 18.2 Å². The van der Waals surface area contributed by atoms with Crippen molar-refractivity contribution in [1.82, 2.24) is 4.90 Å². The van der Waals surface area contributed by atoms with Crippen LogP contribution in [0, 0.1) is 12.7 Å². The van der Waals surface area contributed by atoms with E-state index in [4.69, 9.17) is 0 Å². The van der Waals surface area contributed by atoms with Gasteiger partial charge in [0.1, 0.15) is 5.82 Å². The maximum Gasteiger partial charge on any atom is 0.164 e. The molecule has 0 bridgehead atoms. The minimum atomic E-state index is -0.334. The largest absolute Gasteiger partial charge is 0.392 e. The maximum atomic E-state index is 13.4. The molecule has 1 atom stereocenters. The summed E-state index contributed by atoms with van der Waals surface area (Å²) in [5, 5.41) is 9.55. The predicted molar refractivity (Wildman–Crippen MR) is 71.8 cm³/mol. The Bertz CT molecular complexity index is 461. The molecule has 1 fully saturated rings. The van der Waals surface area contributed by atoms with Gasteiger partial charge in [0.15, 0.2) is 5.78 Å². The van der Waals surface area contributed by atoms with E-state index in [9.17, 15) is 14.3 Å². The van der Waals surface area contributed by atoms with E-state index in [-0.39, 0.29) is 17.7 Å². The average Bonchev–Trinajstić information content (AvgIpc) is 2.39. The summed E-state index contributed by atoms with van der Waals surface area (Å²) in [6.07, 6.45) is 1.90. The van der Waals surface area contributed by atoms with Crippen molar-refractivity contribution in [2.24, 2.45) is 0 Å². The van der Waals surface area contributed by atoms with Crippen LogP contribution in [-0.2, 0) is 0 Å². The number of rotatable bonds is 4. The number of hydrogen-bond donors (Lipinski definition) is 1. The van der Waals surface area contributed by atoms with E-state index in [1.807, 2.05) is 0 Å². The highest BCUT2D eigenvalue weighted by Crippen LogP contribution is 2.13. The molecular weight excluding hydrogens is 245 g/mol. The Labute approximate surface area is 113 Å². The molecule has 1 N–H and O–H groups in total. The molecule has 1 heterocycles. The van der Waals surface area contributed by atoms with Crippen LogP contribution < -0.4 is 0 Å². The van der Waals surface area contributed by atoms with Crippen molar-refractivity contribution >= 4 is 5.78 Å². The smallest absolute Gasteiger partial charge is 0.164 e. The minimum absolute atomic E-state index is 0.0426. The van der Waals surface area contributed by atoms with Gasteiger partial charge < -0.3 is 10.0 Å². The first-order chi connectivity index (χ1) is 9.06. The second-order valence-electron chi connectivity index (χ2n) is 5.23. The first kappa shape index (κ1) is 14.2. The lowest BCUT2D eigenvalue weighted by molar-refractivity contribution is 0.0670. The summed E-state index contributed by atoms with van der Waals surface area (Å²) in [7, 11) is 0. The number of carbonyl (C=O) groups is 1. The first-order valence-electron chi connectivity index (χ1n) is 6.76. The van der Waals surface area contributed by atoms with E-state index in [0.29, 0.717) is 30.6 Å². The number of likely N-dealkylation sites (tertiary alicyclic amines) is 1. The van der Waals surface area contributed by atoms with Crippen LogP contribution in [0.3, 0.4) is 0 Å². The molecule has 1 aliphatic rings. The second kappa shape index (κ2) is 6.26. The van der Waals surface area contributed by atoms with Gasteiger partial charge in [-0.1, -0.05) is 12.1 Å². The van der Waals surface area contributed by atoms with Crippen LogP contribution in [-0.4, -0.2) is 41.5 Å². The predicted octanol–water partition coefficient (Wildman–Crippen LogP) is 2.16. The van der Waals surface area contributed by atoms with Crippen molar-refractivity contribution in [1.29, 1.82) is 0 Å². The molecule has 4 heteroatoms. The van der Waals surface area contributed by atoms with E-state index in [2.05, 4.69) is 4.90 Å². The Morgan fingerprint density at radius 2 is 2.32 bits per heavy atom. The molecule has 1 unspecified atom stereocenters. The van der Waals surface area contributed by atoms with Gasteiger partial charge in [0.2, 0.25) is 0 Å².